The minimum absolute atomic E-state index is 0.0334. The molecule has 1 aromatic heterocycles. The number of likely N-dealkylation sites (tertiary alicyclic amines) is 2. The van der Waals surface area contributed by atoms with Crippen molar-refractivity contribution in [2.75, 3.05) is 155 Å². The van der Waals surface area contributed by atoms with Gasteiger partial charge in [0.1, 0.15) is 23.7 Å². The first kappa shape index (κ1) is 68.9. The van der Waals surface area contributed by atoms with Crippen LogP contribution in [0.3, 0.4) is 0 Å². The van der Waals surface area contributed by atoms with Crippen molar-refractivity contribution in [1.82, 2.24) is 25.4 Å². The number of amides is 3. The van der Waals surface area contributed by atoms with E-state index in [9.17, 15) is 52.9 Å². The van der Waals surface area contributed by atoms with Crippen molar-refractivity contribution in [1.29, 1.82) is 0 Å². The number of rotatable bonds is 35. The van der Waals surface area contributed by atoms with E-state index >= 15 is 0 Å². The Labute approximate surface area is 501 Å². The summed E-state index contributed by atoms with van der Waals surface area (Å²) in [6.45, 7) is 14.3. The number of hydrogen-bond donors (Lipinski definition) is 7. The van der Waals surface area contributed by atoms with Crippen LogP contribution in [-0.2, 0) is 48.2 Å². The molecule has 3 amide bonds. The molecule has 3 aromatic carbocycles. The number of aliphatic hydroxyl groups is 1. The Kier molecular flexibility index (Phi) is 27.6. The van der Waals surface area contributed by atoms with Crippen molar-refractivity contribution < 1.29 is 85.6 Å². The highest BCUT2D eigenvalue weighted by Gasteiger charge is 2.47. The summed E-state index contributed by atoms with van der Waals surface area (Å²) in [7, 11) is 0. The van der Waals surface area contributed by atoms with E-state index in [1.54, 1.807) is 0 Å². The zero-order chi connectivity index (χ0) is 62.8. The van der Waals surface area contributed by atoms with Gasteiger partial charge in [0.2, 0.25) is 11.8 Å². The molecule has 480 valence electrons. The number of piperidine rings is 2. The fraction of sp³-hybridized carbons (Fsp3) is 0.586. The number of nitrogens with zero attached hydrogens (tertiary/aromatic N) is 4. The summed E-state index contributed by atoms with van der Waals surface area (Å²) in [5.74, 6) is -2.01. The Morgan fingerprint density at radius 1 is 0.747 bits per heavy atom. The third kappa shape index (κ3) is 22.1. The Morgan fingerprint density at radius 3 is 1.89 bits per heavy atom. The zero-order valence-electron chi connectivity index (χ0n) is 49.0. The van der Waals surface area contributed by atoms with E-state index < -0.39 is 33.8 Å². The molecule has 0 unspecified atom stereocenters. The Bertz CT molecular complexity index is 2880. The quantitative estimate of drug-likeness (QED) is 0.0171. The summed E-state index contributed by atoms with van der Waals surface area (Å²) in [5, 5.41) is 53.4. The maximum absolute atomic E-state index is 13.6. The molecule has 1 spiro atoms. The number of non-ortho nitro benzene ring substituents is 1. The molecule has 7 N–H and O–H groups in total. The van der Waals surface area contributed by atoms with Gasteiger partial charge in [-0.15, -0.1) is 0 Å². The highest BCUT2D eigenvalue weighted by atomic mass is 19.4. The van der Waals surface area contributed by atoms with Crippen molar-refractivity contribution in [3.8, 4) is 5.75 Å². The molecule has 87 heavy (non-hydrogen) atoms. The Hall–Kier alpha value is -7.25. The monoisotopic (exact) mass is 1230 g/mol. The van der Waals surface area contributed by atoms with Crippen LogP contribution < -0.4 is 26.0 Å². The molecule has 2 fully saturated rings. The number of halogens is 3. The van der Waals surface area contributed by atoms with Crippen molar-refractivity contribution in [3.63, 3.8) is 0 Å². The molecular formula is C58H80F3N9O17. The normalized spacial score (nSPS) is 17.2. The third-order valence-corrected chi connectivity index (χ3v) is 15.2. The first-order chi connectivity index (χ1) is 41.7. The van der Waals surface area contributed by atoms with Gasteiger partial charge in [0.25, 0.3) is 17.3 Å². The lowest BCUT2D eigenvalue weighted by Gasteiger charge is -2.46. The van der Waals surface area contributed by atoms with Gasteiger partial charge in [-0.3, -0.25) is 34.6 Å². The lowest BCUT2D eigenvalue weighted by molar-refractivity contribution is -0.393. The van der Waals surface area contributed by atoms with E-state index in [0.717, 1.165) is 55.9 Å². The van der Waals surface area contributed by atoms with Crippen LogP contribution in [0.5, 0.6) is 5.75 Å². The fourth-order valence-electron chi connectivity index (χ4n) is 10.5. The van der Waals surface area contributed by atoms with Crippen LogP contribution in [0.25, 0.3) is 10.9 Å². The SMILES string of the molecule is Cc1ccc2c(c1)NC[C@]21CCN(C[C@@H](O)C2CCN(C(=O)c3cc4ccc(OCCOCCOCCOCCNC(=O)CCC(=O)NCCOCCOCCOCCNc5ccc([N+](=O)[O-])cc5[N+](=O)[O-])cc4[nH]3)CC2)C[C@H]1C.O=C(O)C(F)(F)F. The average Bonchev–Trinajstić information content (AvgIpc) is 1.71. The molecule has 0 saturated carbocycles. The number of carbonyl (C=O) groups excluding carboxylic acids is 3. The molecule has 3 aliphatic heterocycles. The van der Waals surface area contributed by atoms with Crippen molar-refractivity contribution in [3.05, 3.63) is 97.7 Å². The first-order valence-corrected chi connectivity index (χ1v) is 29.0. The van der Waals surface area contributed by atoms with Crippen LogP contribution in [0.1, 0.15) is 60.6 Å². The summed E-state index contributed by atoms with van der Waals surface area (Å²) < 4.78 is 70.7. The maximum atomic E-state index is 13.6. The predicted molar refractivity (Wildman–Crippen MR) is 312 cm³/mol. The van der Waals surface area contributed by atoms with Crippen LogP contribution in [0.4, 0.5) is 35.9 Å². The molecule has 4 aromatic rings. The molecule has 4 heterocycles. The lowest BCUT2D eigenvalue weighted by Crippen LogP contribution is -2.52. The predicted octanol–water partition coefficient (Wildman–Crippen LogP) is 5.45. The van der Waals surface area contributed by atoms with Gasteiger partial charge >= 0.3 is 12.1 Å². The van der Waals surface area contributed by atoms with Gasteiger partial charge in [0.05, 0.1) is 101 Å². The highest BCUT2D eigenvalue weighted by Crippen LogP contribution is 2.47. The number of carboxylic acid groups (broad SMARTS) is 1. The van der Waals surface area contributed by atoms with Crippen molar-refractivity contribution >= 4 is 57.3 Å². The number of β-amino-alcohol motifs (C(OH)–C–C–N with tert-alkyl or cyclic N) is 1. The van der Waals surface area contributed by atoms with Crippen LogP contribution in [0.2, 0.25) is 0 Å². The van der Waals surface area contributed by atoms with E-state index in [4.69, 9.17) is 43.1 Å². The first-order valence-electron chi connectivity index (χ1n) is 29.0. The van der Waals surface area contributed by atoms with Crippen LogP contribution in [0, 0.1) is 39.0 Å². The number of hydrogen-bond acceptors (Lipinski definition) is 19. The maximum Gasteiger partial charge on any atom is 0.490 e. The number of nitro groups is 2. The number of fused-ring (bicyclic) bond motifs is 3. The van der Waals surface area contributed by atoms with Gasteiger partial charge in [0.15, 0.2) is 0 Å². The number of carboxylic acids is 1. The summed E-state index contributed by atoms with van der Waals surface area (Å²) in [6.07, 6.45) is -2.79. The number of aliphatic carboxylic acids is 1. The smallest absolute Gasteiger partial charge is 0.490 e. The molecule has 2 saturated heterocycles. The van der Waals surface area contributed by atoms with E-state index in [-0.39, 0.29) is 86.2 Å². The standard InChI is InChI=1S/C56H79N9O15.C2HF3O2/c1-40-3-7-46-49(33-40)60-39-56(46)13-19-62(37-41(56)2)38-52(66)42-11-17-63(18-12-42)55(69)50-34-43-4-6-45(36-48(43)61-50)80-32-31-79-30-29-78-28-25-76-22-16-59-54(68)10-9-53(67)58-15-21-75-24-27-77-26-23-74-20-14-57-47-8-5-44(64(70)71)35-51(47)65(72)73;3-2(4,5)1(6)7/h3-8,33-36,41-42,52,57,60-61,66H,9-32,37-39H2,1-2H3,(H,58,67)(H,59,68);(H,6,7)/t41-,52-,56+;/m1./s1. The molecule has 26 nitrogen and oxygen atoms in total. The Morgan fingerprint density at radius 2 is 1.32 bits per heavy atom. The summed E-state index contributed by atoms with van der Waals surface area (Å²) in [6, 6.07) is 17.8. The van der Waals surface area contributed by atoms with Crippen molar-refractivity contribution in [2.24, 2.45) is 11.8 Å². The minimum Gasteiger partial charge on any atom is -0.491 e. The Balaban J connectivity index is 0.00000162. The number of nitrogens with one attached hydrogen (secondary N) is 5. The minimum atomic E-state index is -5.08. The summed E-state index contributed by atoms with van der Waals surface area (Å²) in [4.78, 5) is 75.0. The van der Waals surface area contributed by atoms with Crippen LogP contribution >= 0.6 is 0 Å². The fourth-order valence-corrected chi connectivity index (χ4v) is 10.5. The third-order valence-electron chi connectivity index (χ3n) is 15.2. The zero-order valence-corrected chi connectivity index (χ0v) is 49.0. The number of anilines is 2. The van der Waals surface area contributed by atoms with E-state index in [0.29, 0.717) is 110 Å². The molecule has 3 atom stereocenters. The molecule has 0 aliphatic carbocycles. The summed E-state index contributed by atoms with van der Waals surface area (Å²) >= 11 is 0. The molecule has 7 rings (SSSR count). The number of ether oxygens (including phenoxy) is 7. The number of aryl methyl sites for hydroxylation is 1. The number of aliphatic hydroxyl groups excluding tert-OH is 1. The summed E-state index contributed by atoms with van der Waals surface area (Å²) in [5.41, 5.74) is 4.90. The topological polar surface area (TPSA) is 330 Å². The molecule has 0 radical (unpaired) electrons. The highest BCUT2D eigenvalue weighted by molar-refractivity contribution is 5.98. The second-order valence-corrected chi connectivity index (χ2v) is 21.3. The van der Waals surface area contributed by atoms with Gasteiger partial charge in [0, 0.05) is 99.3 Å². The van der Waals surface area contributed by atoms with Gasteiger partial charge in [-0.05, 0) is 86.0 Å². The van der Waals surface area contributed by atoms with E-state index in [2.05, 4.69) is 63.2 Å². The molecule has 3 aliphatic rings. The van der Waals surface area contributed by atoms with Gasteiger partial charge in [-0.1, -0.05) is 19.1 Å². The number of aromatic nitrogens is 1. The number of aromatic amines is 1. The molecule has 29 heteroatoms. The number of alkyl halides is 3. The van der Waals surface area contributed by atoms with Crippen LogP contribution in [-0.4, -0.2) is 216 Å². The second-order valence-electron chi connectivity index (χ2n) is 21.3. The van der Waals surface area contributed by atoms with Crippen LogP contribution in [0.15, 0.2) is 60.7 Å². The average molecular weight is 1230 g/mol. The number of carbonyl (C=O) groups is 4. The van der Waals surface area contributed by atoms with E-state index in [1.807, 2.05) is 29.2 Å². The largest absolute Gasteiger partial charge is 0.491 e. The number of benzene rings is 3. The molecule has 0 bridgehead atoms. The second kappa shape index (κ2) is 34.9. The van der Waals surface area contributed by atoms with Crippen molar-refractivity contribution in [2.45, 2.75) is 63.6 Å². The lowest BCUT2D eigenvalue weighted by atomic mass is 9.67. The number of H-pyrrole nitrogens is 1. The van der Waals surface area contributed by atoms with Gasteiger partial charge < -0.3 is 79.4 Å². The van der Waals surface area contributed by atoms with Gasteiger partial charge in [-0.25, -0.2) is 4.79 Å². The van der Waals surface area contributed by atoms with E-state index in [1.165, 1.54) is 28.9 Å². The van der Waals surface area contributed by atoms with Gasteiger partial charge in [-0.2, -0.15) is 13.2 Å². The number of nitro benzene ring substituents is 2. The molecular weight excluding hydrogens is 1150 g/mol.